The maximum Gasteiger partial charge on any atom is 0.255 e. The lowest BCUT2D eigenvalue weighted by atomic mass is 9.82. The Morgan fingerprint density at radius 1 is 1.00 bits per heavy atom. The third-order valence-corrected chi connectivity index (χ3v) is 5.27. The second kappa shape index (κ2) is 8.49. The lowest BCUT2D eigenvalue weighted by Gasteiger charge is -2.23. The van der Waals surface area contributed by atoms with Crippen LogP contribution in [0.15, 0.2) is 72.8 Å². The van der Waals surface area contributed by atoms with E-state index < -0.39 is 0 Å². The highest BCUT2D eigenvalue weighted by Crippen LogP contribution is 2.33. The van der Waals surface area contributed by atoms with Gasteiger partial charge in [0, 0.05) is 11.3 Å². The fourth-order valence-corrected chi connectivity index (χ4v) is 2.98. The van der Waals surface area contributed by atoms with Gasteiger partial charge in [0.25, 0.3) is 5.91 Å². The van der Waals surface area contributed by atoms with E-state index >= 15 is 0 Å². The topological polar surface area (TPSA) is 38.3 Å². The van der Waals surface area contributed by atoms with E-state index in [2.05, 4.69) is 38.2 Å². The van der Waals surface area contributed by atoms with Gasteiger partial charge in [0.05, 0.1) is 5.02 Å². The molecule has 0 spiro atoms. The Balaban J connectivity index is 1.70. The number of ether oxygens (including phenoxy) is 1. The van der Waals surface area contributed by atoms with Gasteiger partial charge in [-0.2, -0.15) is 0 Å². The van der Waals surface area contributed by atoms with Crippen LogP contribution in [0.25, 0.3) is 0 Å². The van der Waals surface area contributed by atoms with Crippen molar-refractivity contribution < 1.29 is 9.53 Å². The van der Waals surface area contributed by atoms with Crippen LogP contribution >= 0.6 is 11.6 Å². The zero-order chi connectivity index (χ0) is 20.1. The average Bonchev–Trinajstić information content (AvgIpc) is 2.71. The van der Waals surface area contributed by atoms with Crippen molar-refractivity contribution in [1.82, 2.24) is 0 Å². The van der Waals surface area contributed by atoms with Crippen LogP contribution in [0.1, 0.15) is 43.1 Å². The largest absolute Gasteiger partial charge is 0.456 e. The molecule has 28 heavy (non-hydrogen) atoms. The van der Waals surface area contributed by atoms with E-state index in [1.165, 1.54) is 5.56 Å². The molecule has 1 N–H and O–H groups in total. The molecule has 0 aromatic heterocycles. The Hall–Kier alpha value is -2.78. The van der Waals surface area contributed by atoms with Crippen molar-refractivity contribution in [3.8, 4) is 11.5 Å². The van der Waals surface area contributed by atoms with Crippen molar-refractivity contribution in [2.75, 3.05) is 5.32 Å². The Morgan fingerprint density at radius 2 is 1.68 bits per heavy atom. The fourth-order valence-electron chi connectivity index (χ4n) is 2.76. The molecule has 0 atom stereocenters. The number of carbonyl (C=O) groups excluding carboxylic acids is 1. The maximum atomic E-state index is 12.3. The third-order valence-electron chi connectivity index (χ3n) is 4.97. The van der Waals surface area contributed by atoms with E-state index in [0.29, 0.717) is 22.0 Å². The standard InChI is InChI=1S/C24H24ClNO2/c1-4-24(2,3)18-10-13-20(14-11-18)28-22-15-12-19(16-21(22)25)26-23(27)17-8-6-5-7-9-17/h5-16H,4H2,1-3H3,(H,26,27). The molecule has 0 heterocycles. The first-order chi connectivity index (χ1) is 13.4. The number of amides is 1. The molecule has 0 aliphatic rings. The third kappa shape index (κ3) is 4.73. The van der Waals surface area contributed by atoms with Crippen LogP contribution in [0.2, 0.25) is 5.02 Å². The number of rotatable bonds is 6. The first kappa shape index (κ1) is 20.0. The molecule has 3 aromatic carbocycles. The molecule has 4 heteroatoms. The molecule has 0 bridgehead atoms. The average molecular weight is 394 g/mol. The first-order valence-corrected chi connectivity index (χ1v) is 9.71. The Morgan fingerprint density at radius 3 is 2.29 bits per heavy atom. The van der Waals surface area contributed by atoms with Crippen molar-refractivity contribution in [3.05, 3.63) is 88.9 Å². The summed E-state index contributed by atoms with van der Waals surface area (Å²) in [6.07, 6.45) is 1.06. The SMILES string of the molecule is CCC(C)(C)c1ccc(Oc2ccc(NC(=O)c3ccccc3)cc2Cl)cc1. The summed E-state index contributed by atoms with van der Waals surface area (Å²) in [5.74, 6) is 1.08. The van der Waals surface area contributed by atoms with Crippen molar-refractivity contribution in [2.24, 2.45) is 0 Å². The van der Waals surface area contributed by atoms with E-state index in [4.69, 9.17) is 16.3 Å². The smallest absolute Gasteiger partial charge is 0.255 e. The molecule has 0 saturated heterocycles. The zero-order valence-corrected chi connectivity index (χ0v) is 17.1. The summed E-state index contributed by atoms with van der Waals surface area (Å²) in [6, 6.07) is 22.3. The monoisotopic (exact) mass is 393 g/mol. The van der Waals surface area contributed by atoms with E-state index in [1.807, 2.05) is 30.3 Å². The number of hydrogen-bond donors (Lipinski definition) is 1. The molecular weight excluding hydrogens is 370 g/mol. The van der Waals surface area contributed by atoms with Crippen LogP contribution in [0, 0.1) is 0 Å². The molecule has 0 aliphatic heterocycles. The summed E-state index contributed by atoms with van der Waals surface area (Å²) < 4.78 is 5.91. The molecule has 0 radical (unpaired) electrons. The van der Waals surface area contributed by atoms with E-state index in [1.54, 1.807) is 30.3 Å². The van der Waals surface area contributed by atoms with Gasteiger partial charge in [-0.1, -0.05) is 62.7 Å². The van der Waals surface area contributed by atoms with Gasteiger partial charge < -0.3 is 10.1 Å². The Labute approximate surface area is 171 Å². The number of anilines is 1. The molecule has 3 aromatic rings. The molecule has 0 saturated carbocycles. The fraction of sp³-hybridized carbons (Fsp3) is 0.208. The summed E-state index contributed by atoms with van der Waals surface area (Å²) in [4.78, 5) is 12.3. The van der Waals surface area contributed by atoms with Crippen molar-refractivity contribution >= 4 is 23.2 Å². The minimum Gasteiger partial charge on any atom is -0.456 e. The first-order valence-electron chi connectivity index (χ1n) is 9.33. The predicted octanol–water partition coefficient (Wildman–Crippen LogP) is 7.07. The van der Waals surface area contributed by atoms with Crippen LogP contribution in [0.5, 0.6) is 11.5 Å². The molecule has 0 unspecified atom stereocenters. The van der Waals surface area contributed by atoms with E-state index in [9.17, 15) is 4.79 Å². The van der Waals surface area contributed by atoms with Crippen molar-refractivity contribution in [1.29, 1.82) is 0 Å². The highest BCUT2D eigenvalue weighted by Gasteiger charge is 2.17. The van der Waals surface area contributed by atoms with E-state index in [0.717, 1.165) is 12.2 Å². The summed E-state index contributed by atoms with van der Waals surface area (Å²) >= 11 is 6.36. The quantitative estimate of drug-likeness (QED) is 0.486. The summed E-state index contributed by atoms with van der Waals surface area (Å²) in [6.45, 7) is 6.63. The number of nitrogens with one attached hydrogen (secondary N) is 1. The van der Waals surface area contributed by atoms with Crippen LogP contribution in [-0.2, 0) is 5.41 Å². The summed E-state index contributed by atoms with van der Waals surface area (Å²) in [5, 5.41) is 3.28. The second-order valence-corrected chi connectivity index (χ2v) is 7.74. The van der Waals surface area contributed by atoms with Crippen molar-refractivity contribution in [3.63, 3.8) is 0 Å². The summed E-state index contributed by atoms with van der Waals surface area (Å²) in [7, 11) is 0. The molecule has 1 amide bonds. The molecule has 3 nitrogen and oxygen atoms in total. The normalized spacial score (nSPS) is 11.1. The van der Waals surface area contributed by atoms with Crippen LogP contribution in [-0.4, -0.2) is 5.91 Å². The number of halogens is 1. The lowest BCUT2D eigenvalue weighted by Crippen LogP contribution is -2.14. The minimum atomic E-state index is -0.181. The lowest BCUT2D eigenvalue weighted by molar-refractivity contribution is 0.102. The summed E-state index contributed by atoms with van der Waals surface area (Å²) in [5.41, 5.74) is 2.61. The molecule has 3 rings (SSSR count). The van der Waals surface area contributed by atoms with E-state index in [-0.39, 0.29) is 11.3 Å². The minimum absolute atomic E-state index is 0.134. The van der Waals surface area contributed by atoms with Crippen LogP contribution < -0.4 is 10.1 Å². The molecule has 144 valence electrons. The van der Waals surface area contributed by atoms with Gasteiger partial charge in [0.2, 0.25) is 0 Å². The number of carbonyl (C=O) groups is 1. The van der Waals surface area contributed by atoms with Crippen molar-refractivity contribution in [2.45, 2.75) is 32.6 Å². The van der Waals surface area contributed by atoms with Gasteiger partial charge >= 0.3 is 0 Å². The van der Waals surface area contributed by atoms with Gasteiger partial charge in [-0.15, -0.1) is 0 Å². The Kier molecular flexibility index (Phi) is 6.05. The highest BCUT2D eigenvalue weighted by atomic mass is 35.5. The molecule has 0 fully saturated rings. The van der Waals surface area contributed by atoms with Gasteiger partial charge in [0.1, 0.15) is 11.5 Å². The second-order valence-electron chi connectivity index (χ2n) is 7.33. The van der Waals surface area contributed by atoms with Gasteiger partial charge in [-0.25, -0.2) is 0 Å². The Bertz CT molecular complexity index is 950. The predicted molar refractivity (Wildman–Crippen MR) is 116 cm³/mol. The van der Waals surface area contributed by atoms with Gasteiger partial charge in [0.15, 0.2) is 0 Å². The van der Waals surface area contributed by atoms with Gasteiger partial charge in [-0.05, 0) is 59.9 Å². The highest BCUT2D eigenvalue weighted by molar-refractivity contribution is 6.32. The zero-order valence-electron chi connectivity index (χ0n) is 16.3. The van der Waals surface area contributed by atoms with Crippen LogP contribution in [0.4, 0.5) is 5.69 Å². The maximum absolute atomic E-state index is 12.3. The van der Waals surface area contributed by atoms with Crippen LogP contribution in [0.3, 0.4) is 0 Å². The molecule has 0 aliphatic carbocycles. The number of benzene rings is 3. The molecular formula is C24H24ClNO2. The van der Waals surface area contributed by atoms with Gasteiger partial charge in [-0.3, -0.25) is 4.79 Å². The number of hydrogen-bond acceptors (Lipinski definition) is 2.